The number of benzene rings is 1. The summed E-state index contributed by atoms with van der Waals surface area (Å²) >= 11 is 3.19. The average molecular weight is 351 g/mol. The molecule has 21 heavy (non-hydrogen) atoms. The van der Waals surface area contributed by atoms with Crippen LogP contribution < -0.4 is 5.32 Å². The molecule has 0 aromatic heterocycles. The molecule has 0 unspecified atom stereocenters. The van der Waals surface area contributed by atoms with Crippen LogP contribution in [0.25, 0.3) is 0 Å². The third kappa shape index (κ3) is 3.98. The highest BCUT2D eigenvalue weighted by Gasteiger charge is 2.32. The molecule has 0 bridgehead atoms. The zero-order valence-corrected chi connectivity index (χ0v) is 13.4. The molecule has 0 saturated heterocycles. The van der Waals surface area contributed by atoms with Crippen LogP contribution in [0.4, 0.5) is 0 Å². The normalized spacial score (nSPS) is 18.1. The first-order chi connectivity index (χ1) is 10.1. The first kappa shape index (κ1) is 15.8. The highest BCUT2D eigenvalue weighted by Crippen LogP contribution is 2.28. The molecule has 2 N–H and O–H groups in total. The van der Waals surface area contributed by atoms with Gasteiger partial charge in [0, 0.05) is 5.56 Å². The zero-order chi connectivity index (χ0) is 15.3. The lowest BCUT2D eigenvalue weighted by Crippen LogP contribution is -2.47. The van der Waals surface area contributed by atoms with Crippen molar-refractivity contribution in [1.82, 2.24) is 5.32 Å². The van der Waals surface area contributed by atoms with Gasteiger partial charge in [0.2, 0.25) is 0 Å². The van der Waals surface area contributed by atoms with E-state index >= 15 is 0 Å². The number of halogens is 1. The van der Waals surface area contributed by atoms with Crippen LogP contribution in [0.5, 0.6) is 5.75 Å². The van der Waals surface area contributed by atoms with E-state index in [0.717, 1.165) is 25.7 Å². The van der Waals surface area contributed by atoms with Crippen LogP contribution in [0.2, 0.25) is 0 Å². The Morgan fingerprint density at radius 3 is 2.43 bits per heavy atom. The van der Waals surface area contributed by atoms with E-state index in [4.69, 9.17) is 0 Å². The summed E-state index contributed by atoms with van der Waals surface area (Å²) in [4.78, 5) is 12.4. The number of rotatable bonds is 2. The summed E-state index contributed by atoms with van der Waals surface area (Å²) in [6, 6.07) is 6.98. The maximum atomic E-state index is 12.4. The SMILES string of the molecule is N#CC1(NC(=O)c2ccc(Br)c(O)c2)CCCCCCC1. The number of carbonyl (C=O) groups is 1. The minimum Gasteiger partial charge on any atom is -0.507 e. The third-order valence-electron chi connectivity index (χ3n) is 3.98. The first-order valence-electron chi connectivity index (χ1n) is 7.29. The van der Waals surface area contributed by atoms with Gasteiger partial charge in [-0.05, 0) is 47.0 Å². The summed E-state index contributed by atoms with van der Waals surface area (Å²) in [5.74, 6) is -0.286. The number of nitrogens with one attached hydrogen (secondary N) is 1. The van der Waals surface area contributed by atoms with Gasteiger partial charge in [-0.15, -0.1) is 0 Å². The van der Waals surface area contributed by atoms with Crippen LogP contribution in [0.15, 0.2) is 22.7 Å². The van der Waals surface area contributed by atoms with Gasteiger partial charge in [0.1, 0.15) is 11.3 Å². The van der Waals surface area contributed by atoms with Crippen molar-refractivity contribution in [2.45, 2.75) is 50.5 Å². The quantitative estimate of drug-likeness (QED) is 0.849. The van der Waals surface area contributed by atoms with Crippen molar-refractivity contribution < 1.29 is 9.90 Å². The number of phenolic OH excluding ortho intramolecular Hbond substituents is 1. The number of amides is 1. The second-order valence-electron chi connectivity index (χ2n) is 5.58. The lowest BCUT2D eigenvalue weighted by molar-refractivity contribution is 0.0907. The van der Waals surface area contributed by atoms with Crippen LogP contribution in [-0.4, -0.2) is 16.6 Å². The van der Waals surface area contributed by atoms with Crippen molar-refractivity contribution in [3.63, 3.8) is 0 Å². The lowest BCUT2D eigenvalue weighted by atomic mass is 9.85. The van der Waals surface area contributed by atoms with E-state index in [0.29, 0.717) is 22.9 Å². The molecule has 0 spiro atoms. The third-order valence-corrected chi connectivity index (χ3v) is 4.65. The number of nitrogens with zero attached hydrogens (tertiary/aromatic N) is 1. The Hall–Kier alpha value is -1.54. The smallest absolute Gasteiger partial charge is 0.252 e. The van der Waals surface area contributed by atoms with Crippen LogP contribution in [0, 0.1) is 11.3 Å². The maximum absolute atomic E-state index is 12.4. The second-order valence-corrected chi connectivity index (χ2v) is 6.44. The van der Waals surface area contributed by atoms with Gasteiger partial charge < -0.3 is 10.4 Å². The van der Waals surface area contributed by atoms with Crippen molar-refractivity contribution in [1.29, 1.82) is 5.26 Å². The van der Waals surface area contributed by atoms with Crippen LogP contribution >= 0.6 is 15.9 Å². The summed E-state index contributed by atoms with van der Waals surface area (Å²) in [6.07, 6.45) is 6.72. The second kappa shape index (κ2) is 6.95. The van der Waals surface area contributed by atoms with Crippen molar-refractivity contribution >= 4 is 21.8 Å². The predicted molar refractivity (Wildman–Crippen MR) is 83.9 cm³/mol. The Balaban J connectivity index is 2.14. The van der Waals surface area contributed by atoms with E-state index in [2.05, 4.69) is 27.3 Å². The molecule has 1 aromatic rings. The van der Waals surface area contributed by atoms with Gasteiger partial charge in [-0.25, -0.2) is 0 Å². The molecule has 1 aliphatic rings. The fraction of sp³-hybridized carbons (Fsp3) is 0.500. The van der Waals surface area contributed by atoms with Gasteiger partial charge in [0.05, 0.1) is 10.5 Å². The Bertz CT molecular complexity index is 558. The molecule has 5 heteroatoms. The van der Waals surface area contributed by atoms with Gasteiger partial charge >= 0.3 is 0 Å². The summed E-state index contributed by atoms with van der Waals surface area (Å²) < 4.78 is 0.542. The standard InChI is InChI=1S/C16H19BrN2O2/c17-13-7-6-12(10-14(13)20)15(21)19-16(11-18)8-4-2-1-3-5-9-16/h6-7,10,20H,1-5,8-9H2,(H,19,21). The van der Waals surface area contributed by atoms with Gasteiger partial charge in [-0.2, -0.15) is 5.26 Å². The van der Waals surface area contributed by atoms with E-state index in [1.165, 1.54) is 12.5 Å². The monoisotopic (exact) mass is 350 g/mol. The number of phenols is 1. The summed E-state index contributed by atoms with van der Waals surface area (Å²) in [6.45, 7) is 0. The molecule has 0 radical (unpaired) electrons. The van der Waals surface area contributed by atoms with Crippen molar-refractivity contribution in [2.24, 2.45) is 0 Å². The molecule has 4 nitrogen and oxygen atoms in total. The van der Waals surface area contributed by atoms with Gasteiger partial charge in [-0.1, -0.05) is 32.1 Å². The summed E-state index contributed by atoms with van der Waals surface area (Å²) in [5.41, 5.74) is -0.410. The summed E-state index contributed by atoms with van der Waals surface area (Å²) in [7, 11) is 0. The topological polar surface area (TPSA) is 73.1 Å². The maximum Gasteiger partial charge on any atom is 0.252 e. The fourth-order valence-electron chi connectivity index (χ4n) is 2.72. The lowest BCUT2D eigenvalue weighted by Gasteiger charge is -2.29. The highest BCUT2D eigenvalue weighted by atomic mass is 79.9. The minimum atomic E-state index is -0.778. The van der Waals surface area contributed by atoms with E-state index in [-0.39, 0.29) is 11.7 Å². The molecule has 2 rings (SSSR count). The molecule has 0 heterocycles. The molecular weight excluding hydrogens is 332 g/mol. The van der Waals surface area contributed by atoms with Crippen molar-refractivity contribution in [3.8, 4) is 11.8 Å². The first-order valence-corrected chi connectivity index (χ1v) is 8.08. The Kier molecular flexibility index (Phi) is 5.24. The van der Waals surface area contributed by atoms with Crippen LogP contribution in [0.3, 0.4) is 0 Å². The Labute approximate surface area is 133 Å². The zero-order valence-electron chi connectivity index (χ0n) is 11.9. The molecule has 112 valence electrons. The molecule has 1 aliphatic carbocycles. The van der Waals surface area contributed by atoms with Gasteiger partial charge in [0.15, 0.2) is 0 Å². The Morgan fingerprint density at radius 2 is 1.86 bits per heavy atom. The fourth-order valence-corrected chi connectivity index (χ4v) is 2.96. The molecule has 1 amide bonds. The summed E-state index contributed by atoms with van der Waals surface area (Å²) in [5, 5.41) is 22.1. The van der Waals surface area contributed by atoms with Crippen molar-refractivity contribution in [2.75, 3.05) is 0 Å². The van der Waals surface area contributed by atoms with Gasteiger partial charge in [-0.3, -0.25) is 4.79 Å². The molecule has 0 aliphatic heterocycles. The largest absolute Gasteiger partial charge is 0.507 e. The van der Waals surface area contributed by atoms with E-state index in [9.17, 15) is 15.2 Å². The number of hydrogen-bond donors (Lipinski definition) is 2. The molecule has 1 aromatic carbocycles. The minimum absolute atomic E-state index is 0.0197. The van der Waals surface area contributed by atoms with E-state index in [1.807, 2.05) is 0 Å². The Morgan fingerprint density at radius 1 is 1.24 bits per heavy atom. The van der Waals surface area contributed by atoms with Crippen molar-refractivity contribution in [3.05, 3.63) is 28.2 Å². The van der Waals surface area contributed by atoms with Gasteiger partial charge in [0.25, 0.3) is 5.91 Å². The van der Waals surface area contributed by atoms with E-state index in [1.54, 1.807) is 12.1 Å². The molecule has 1 saturated carbocycles. The highest BCUT2D eigenvalue weighted by molar-refractivity contribution is 9.10. The number of hydrogen-bond acceptors (Lipinski definition) is 3. The molecule has 0 atom stereocenters. The van der Waals surface area contributed by atoms with E-state index < -0.39 is 5.54 Å². The number of nitriles is 1. The molecular formula is C16H19BrN2O2. The van der Waals surface area contributed by atoms with Crippen LogP contribution in [0.1, 0.15) is 55.3 Å². The average Bonchev–Trinajstić information content (AvgIpc) is 2.45. The van der Waals surface area contributed by atoms with Crippen LogP contribution in [-0.2, 0) is 0 Å². The predicted octanol–water partition coefficient (Wildman–Crippen LogP) is 3.89. The number of aromatic hydroxyl groups is 1. The molecule has 1 fully saturated rings. The number of carbonyl (C=O) groups excluding carboxylic acids is 1.